The number of hydrogen-bond acceptors (Lipinski definition) is 3. The lowest BCUT2D eigenvalue weighted by molar-refractivity contribution is 0.0904. The Labute approximate surface area is 118 Å². The summed E-state index contributed by atoms with van der Waals surface area (Å²) in [5.74, 6) is 0.968. The normalized spacial score (nSPS) is 16.8. The highest BCUT2D eigenvalue weighted by molar-refractivity contribution is 9.10. The van der Waals surface area contributed by atoms with Gasteiger partial charge in [0.05, 0.1) is 6.54 Å². The fourth-order valence-corrected chi connectivity index (χ4v) is 2.40. The van der Waals surface area contributed by atoms with Crippen molar-refractivity contribution in [2.24, 2.45) is 0 Å². The maximum Gasteiger partial charge on any atom is 0.287 e. The summed E-state index contributed by atoms with van der Waals surface area (Å²) in [7, 11) is 0. The molecule has 0 saturated carbocycles. The summed E-state index contributed by atoms with van der Waals surface area (Å²) in [6.45, 7) is 0.464. The number of benzene rings is 1. The molecule has 2 heterocycles. The van der Waals surface area contributed by atoms with Crippen LogP contribution in [0.15, 0.2) is 45.5 Å². The van der Waals surface area contributed by atoms with E-state index in [4.69, 9.17) is 9.15 Å². The Morgan fingerprint density at radius 2 is 2.16 bits per heavy atom. The van der Waals surface area contributed by atoms with Gasteiger partial charge in [-0.1, -0.05) is 18.2 Å². The Morgan fingerprint density at radius 1 is 1.32 bits per heavy atom. The number of halogens is 1. The van der Waals surface area contributed by atoms with E-state index in [1.165, 1.54) is 5.56 Å². The minimum atomic E-state index is -0.231. The van der Waals surface area contributed by atoms with Crippen molar-refractivity contribution in [1.82, 2.24) is 5.32 Å². The Morgan fingerprint density at radius 3 is 2.89 bits per heavy atom. The monoisotopic (exact) mass is 321 g/mol. The number of furan rings is 1. The van der Waals surface area contributed by atoms with Crippen molar-refractivity contribution >= 4 is 21.8 Å². The summed E-state index contributed by atoms with van der Waals surface area (Å²) in [6.07, 6.45) is 0.804. The molecule has 0 aliphatic carbocycles. The number of para-hydroxylation sites is 1. The molecule has 0 fully saturated rings. The van der Waals surface area contributed by atoms with Crippen molar-refractivity contribution in [2.75, 3.05) is 6.54 Å². The molecule has 1 amide bonds. The summed E-state index contributed by atoms with van der Waals surface area (Å²) in [4.78, 5) is 11.8. The molecule has 1 N–H and O–H groups in total. The second-order valence-corrected chi connectivity index (χ2v) is 5.15. The number of nitrogens with one attached hydrogen (secondary N) is 1. The first-order chi connectivity index (χ1) is 9.22. The Balaban J connectivity index is 1.56. The first-order valence-corrected chi connectivity index (χ1v) is 6.80. The number of carbonyl (C=O) groups excluding carboxylic acids is 1. The van der Waals surface area contributed by atoms with Crippen LogP contribution in [-0.2, 0) is 6.42 Å². The lowest BCUT2D eigenvalue weighted by atomic mass is 10.1. The van der Waals surface area contributed by atoms with Gasteiger partial charge in [0, 0.05) is 6.42 Å². The summed E-state index contributed by atoms with van der Waals surface area (Å²) < 4.78 is 11.5. The lowest BCUT2D eigenvalue weighted by Crippen LogP contribution is -2.34. The number of fused-ring (bicyclic) bond motifs is 1. The van der Waals surface area contributed by atoms with Gasteiger partial charge in [0.15, 0.2) is 10.4 Å². The molecule has 0 spiro atoms. The van der Waals surface area contributed by atoms with Crippen LogP contribution in [0.25, 0.3) is 0 Å². The van der Waals surface area contributed by atoms with Gasteiger partial charge in [-0.05, 0) is 39.7 Å². The van der Waals surface area contributed by atoms with E-state index < -0.39 is 0 Å². The van der Waals surface area contributed by atoms with Crippen molar-refractivity contribution in [3.63, 3.8) is 0 Å². The van der Waals surface area contributed by atoms with Gasteiger partial charge < -0.3 is 14.5 Å². The van der Waals surface area contributed by atoms with Gasteiger partial charge in [-0.15, -0.1) is 0 Å². The van der Waals surface area contributed by atoms with E-state index in [-0.39, 0.29) is 12.0 Å². The Kier molecular flexibility index (Phi) is 3.29. The molecule has 1 aromatic heterocycles. The highest BCUT2D eigenvalue weighted by Crippen LogP contribution is 2.27. The third-order valence-corrected chi connectivity index (χ3v) is 3.43. The second-order valence-electron chi connectivity index (χ2n) is 4.37. The van der Waals surface area contributed by atoms with Crippen LogP contribution >= 0.6 is 15.9 Å². The van der Waals surface area contributed by atoms with Crippen molar-refractivity contribution in [3.8, 4) is 5.75 Å². The van der Waals surface area contributed by atoms with E-state index in [1.54, 1.807) is 12.1 Å². The largest absolute Gasteiger partial charge is 0.488 e. The van der Waals surface area contributed by atoms with Crippen LogP contribution in [0.4, 0.5) is 0 Å². The Hall–Kier alpha value is -1.75. The molecule has 19 heavy (non-hydrogen) atoms. The van der Waals surface area contributed by atoms with Crippen molar-refractivity contribution < 1.29 is 13.9 Å². The molecule has 98 valence electrons. The number of hydrogen-bond donors (Lipinski definition) is 1. The van der Waals surface area contributed by atoms with Crippen LogP contribution in [0, 0.1) is 0 Å². The van der Waals surface area contributed by atoms with Gasteiger partial charge in [-0.25, -0.2) is 0 Å². The molecule has 5 heteroatoms. The third kappa shape index (κ3) is 2.66. The fourth-order valence-electron chi connectivity index (χ4n) is 2.10. The van der Waals surface area contributed by atoms with E-state index >= 15 is 0 Å². The van der Waals surface area contributed by atoms with E-state index in [0.717, 1.165) is 12.2 Å². The van der Waals surface area contributed by atoms with Crippen LogP contribution < -0.4 is 10.1 Å². The van der Waals surface area contributed by atoms with Crippen LogP contribution in [0.2, 0.25) is 0 Å². The van der Waals surface area contributed by atoms with Crippen LogP contribution in [-0.4, -0.2) is 18.6 Å². The molecule has 2 aromatic rings. The molecule has 1 unspecified atom stereocenters. The molecule has 0 radical (unpaired) electrons. The summed E-state index contributed by atoms with van der Waals surface area (Å²) in [6, 6.07) is 11.2. The van der Waals surface area contributed by atoms with Gasteiger partial charge >= 0.3 is 0 Å². The number of rotatable bonds is 3. The summed E-state index contributed by atoms with van der Waals surface area (Å²) in [5, 5.41) is 2.81. The minimum Gasteiger partial charge on any atom is -0.488 e. The molecule has 3 rings (SSSR count). The van der Waals surface area contributed by atoms with Gasteiger partial charge in [0.25, 0.3) is 5.91 Å². The molecular formula is C14H12BrNO3. The minimum absolute atomic E-state index is 0.0141. The molecule has 1 aromatic carbocycles. The third-order valence-electron chi connectivity index (χ3n) is 3.00. The van der Waals surface area contributed by atoms with Crippen molar-refractivity contribution in [3.05, 3.63) is 52.4 Å². The first-order valence-electron chi connectivity index (χ1n) is 6.00. The average molecular weight is 322 g/mol. The highest BCUT2D eigenvalue weighted by atomic mass is 79.9. The lowest BCUT2D eigenvalue weighted by Gasteiger charge is -2.10. The van der Waals surface area contributed by atoms with Gasteiger partial charge in [0.1, 0.15) is 11.9 Å². The molecule has 0 bridgehead atoms. The quantitative estimate of drug-likeness (QED) is 0.945. The predicted octanol–water partition coefficient (Wildman–Crippen LogP) is 2.78. The summed E-state index contributed by atoms with van der Waals surface area (Å²) >= 11 is 3.17. The first kappa shape index (κ1) is 12.3. The number of carbonyl (C=O) groups is 1. The smallest absolute Gasteiger partial charge is 0.287 e. The van der Waals surface area contributed by atoms with Gasteiger partial charge in [-0.2, -0.15) is 0 Å². The van der Waals surface area contributed by atoms with E-state index in [9.17, 15) is 4.79 Å². The molecule has 1 atom stereocenters. The Bertz CT molecular complexity index is 583. The van der Waals surface area contributed by atoms with Crippen molar-refractivity contribution in [2.45, 2.75) is 12.5 Å². The number of amides is 1. The van der Waals surface area contributed by atoms with Gasteiger partial charge in [0.2, 0.25) is 0 Å². The zero-order chi connectivity index (χ0) is 13.2. The molecule has 0 saturated heterocycles. The van der Waals surface area contributed by atoms with Crippen LogP contribution in [0.1, 0.15) is 16.1 Å². The molecule has 1 aliphatic rings. The van der Waals surface area contributed by atoms with E-state index in [1.807, 2.05) is 24.3 Å². The topological polar surface area (TPSA) is 51.5 Å². The number of ether oxygens (including phenoxy) is 1. The predicted molar refractivity (Wildman–Crippen MR) is 73.3 cm³/mol. The maximum atomic E-state index is 11.8. The zero-order valence-electron chi connectivity index (χ0n) is 10.1. The summed E-state index contributed by atoms with van der Waals surface area (Å²) in [5.41, 5.74) is 1.18. The fraction of sp³-hybridized carbons (Fsp3) is 0.214. The SMILES string of the molecule is O=C(NCC1Cc2ccccc2O1)c1ccc(Br)o1. The molecule has 4 nitrogen and oxygen atoms in total. The molecular weight excluding hydrogens is 310 g/mol. The van der Waals surface area contributed by atoms with Crippen molar-refractivity contribution in [1.29, 1.82) is 0 Å². The highest BCUT2D eigenvalue weighted by Gasteiger charge is 2.23. The van der Waals surface area contributed by atoms with Crippen LogP contribution in [0.5, 0.6) is 5.75 Å². The van der Waals surface area contributed by atoms with Crippen LogP contribution in [0.3, 0.4) is 0 Å². The van der Waals surface area contributed by atoms with E-state index in [0.29, 0.717) is 17.0 Å². The second kappa shape index (κ2) is 5.09. The van der Waals surface area contributed by atoms with E-state index in [2.05, 4.69) is 21.2 Å². The maximum absolute atomic E-state index is 11.8. The molecule has 1 aliphatic heterocycles. The standard InChI is InChI=1S/C14H12BrNO3/c15-13-6-5-12(19-13)14(17)16-8-10-7-9-3-1-2-4-11(9)18-10/h1-6,10H,7-8H2,(H,16,17). The average Bonchev–Trinajstić information content (AvgIpc) is 3.01. The zero-order valence-corrected chi connectivity index (χ0v) is 11.6. The van der Waals surface area contributed by atoms with Gasteiger partial charge in [-0.3, -0.25) is 4.79 Å².